The number of alkyl halides is 8. The minimum Gasteiger partial charge on any atom is -0.463 e. The van der Waals surface area contributed by atoms with Gasteiger partial charge >= 0.3 is 57.4 Å². The third-order valence-electron chi connectivity index (χ3n) is 6.76. The molecule has 1 aromatic carbocycles. The second-order valence-corrected chi connectivity index (χ2v) is 12.7. The van der Waals surface area contributed by atoms with Crippen molar-refractivity contribution in [3.05, 3.63) is 39.9 Å². The molecule has 1 fully saturated rings. The molecule has 1 aliphatic heterocycles. The van der Waals surface area contributed by atoms with Crippen LogP contribution in [0, 0.1) is 10.1 Å². The molecular formula is C28H31F8NO16S. The maximum absolute atomic E-state index is 14.5. The molecule has 0 aliphatic carbocycles. The maximum Gasteiger partial charge on any atom is 0.460 e. The molecule has 0 bridgehead atoms. The number of rotatable bonds is 19. The van der Waals surface area contributed by atoms with Crippen LogP contribution in [0.2, 0.25) is 0 Å². The van der Waals surface area contributed by atoms with Crippen molar-refractivity contribution in [2.75, 3.05) is 13.2 Å². The molecule has 306 valence electrons. The van der Waals surface area contributed by atoms with Gasteiger partial charge in [-0.1, -0.05) is 12.1 Å². The van der Waals surface area contributed by atoms with E-state index in [1.807, 2.05) is 0 Å². The van der Waals surface area contributed by atoms with E-state index in [1.54, 1.807) is 0 Å². The highest BCUT2D eigenvalue weighted by molar-refractivity contribution is 7.87. The molecule has 54 heavy (non-hydrogen) atoms. The number of carbonyl (C=O) groups excluding carboxylic acids is 4. The number of nitrogens with zero attached hydrogens (tertiary/aromatic N) is 1. The first-order chi connectivity index (χ1) is 24.7. The smallest absolute Gasteiger partial charge is 0.460 e. The average Bonchev–Trinajstić information content (AvgIpc) is 3.02. The van der Waals surface area contributed by atoms with Crippen LogP contribution in [0.1, 0.15) is 46.1 Å². The van der Waals surface area contributed by atoms with Crippen molar-refractivity contribution < 1.29 is 105 Å². The Morgan fingerprint density at radius 1 is 0.815 bits per heavy atom. The van der Waals surface area contributed by atoms with E-state index in [-0.39, 0.29) is 0 Å². The van der Waals surface area contributed by atoms with Crippen LogP contribution in [0.4, 0.5) is 40.8 Å². The highest BCUT2D eigenvalue weighted by atomic mass is 32.2. The van der Waals surface area contributed by atoms with E-state index in [0.717, 1.165) is 52.0 Å². The van der Waals surface area contributed by atoms with Crippen LogP contribution in [0.15, 0.2) is 24.3 Å². The van der Waals surface area contributed by atoms with Crippen molar-refractivity contribution in [3.63, 3.8) is 0 Å². The Bertz CT molecular complexity index is 1650. The number of halogens is 8. The molecule has 1 saturated heterocycles. The Labute approximate surface area is 299 Å². The molecule has 0 aromatic heterocycles. The van der Waals surface area contributed by atoms with Crippen LogP contribution in [-0.4, -0.2) is 105 Å². The summed E-state index contributed by atoms with van der Waals surface area (Å²) < 4.78 is 176. The Morgan fingerprint density at radius 3 is 1.89 bits per heavy atom. The monoisotopic (exact) mass is 821 g/mol. The zero-order valence-electron chi connectivity index (χ0n) is 28.1. The SMILES string of the molecule is CC(=O)OCC1O[C@@H](OCCCC(F)(F)C(F)(F)OC(F)(F)C(F)(F)S(=O)(=O)OCc2ccccc2[N+](=O)[O-])C(OC(C)=O)[C@@H](OC(C)=O)[C@@H]1OC(C)=O. The summed E-state index contributed by atoms with van der Waals surface area (Å²) in [6.07, 6.45) is -25.8. The summed E-state index contributed by atoms with van der Waals surface area (Å²) in [4.78, 5) is 56.8. The van der Waals surface area contributed by atoms with Gasteiger partial charge in [-0.3, -0.25) is 33.5 Å². The summed E-state index contributed by atoms with van der Waals surface area (Å²) in [6, 6.07) is 3.61. The minimum atomic E-state index is -7.03. The summed E-state index contributed by atoms with van der Waals surface area (Å²) in [5.74, 6) is -9.85. The molecule has 26 heteroatoms. The average molecular weight is 822 g/mol. The number of hydrogen-bond acceptors (Lipinski definition) is 16. The number of esters is 4. The molecule has 1 aromatic rings. The topological polar surface area (TPSA) is 219 Å². The molecule has 0 amide bonds. The maximum atomic E-state index is 14.5. The molecule has 0 saturated carbocycles. The summed E-state index contributed by atoms with van der Waals surface area (Å²) in [5.41, 5.74) is -1.66. The Hall–Kier alpha value is -4.27. The van der Waals surface area contributed by atoms with Gasteiger partial charge in [0.05, 0.1) is 23.7 Å². The van der Waals surface area contributed by atoms with E-state index >= 15 is 0 Å². The number of benzene rings is 1. The highest BCUT2D eigenvalue weighted by Gasteiger charge is 2.74. The number of nitro benzene ring substituents is 1. The fourth-order valence-corrected chi connectivity index (χ4v) is 5.19. The number of carbonyl (C=O) groups is 4. The van der Waals surface area contributed by atoms with Crippen molar-refractivity contribution in [3.8, 4) is 0 Å². The van der Waals surface area contributed by atoms with Gasteiger partial charge < -0.3 is 28.4 Å². The van der Waals surface area contributed by atoms with Gasteiger partial charge in [-0.05, 0) is 12.5 Å². The quantitative estimate of drug-likeness (QED) is 0.0369. The lowest BCUT2D eigenvalue weighted by molar-refractivity contribution is -0.457. The molecule has 17 nitrogen and oxygen atoms in total. The van der Waals surface area contributed by atoms with Crippen LogP contribution in [0.25, 0.3) is 0 Å². The molecular weight excluding hydrogens is 790 g/mol. The van der Waals surface area contributed by atoms with Gasteiger partial charge in [-0.25, -0.2) is 4.74 Å². The predicted octanol–water partition coefficient (Wildman–Crippen LogP) is 3.75. The van der Waals surface area contributed by atoms with Crippen molar-refractivity contribution in [2.45, 2.75) is 101 Å². The van der Waals surface area contributed by atoms with Gasteiger partial charge in [0, 0.05) is 40.2 Å². The van der Waals surface area contributed by atoms with E-state index < -0.39 is 137 Å². The van der Waals surface area contributed by atoms with E-state index in [0.29, 0.717) is 0 Å². The van der Waals surface area contributed by atoms with Crippen molar-refractivity contribution in [1.29, 1.82) is 0 Å². The Kier molecular flexibility index (Phi) is 15.2. The van der Waals surface area contributed by atoms with Gasteiger partial charge in [0.15, 0.2) is 24.6 Å². The second kappa shape index (κ2) is 17.9. The lowest BCUT2D eigenvalue weighted by Gasteiger charge is -2.44. The number of hydrogen-bond donors (Lipinski definition) is 0. The van der Waals surface area contributed by atoms with Crippen molar-refractivity contribution in [1.82, 2.24) is 0 Å². The first kappa shape index (κ1) is 45.9. The first-order valence-electron chi connectivity index (χ1n) is 14.9. The van der Waals surface area contributed by atoms with Crippen LogP contribution >= 0.6 is 0 Å². The van der Waals surface area contributed by atoms with Gasteiger partial charge in [0.25, 0.3) is 5.69 Å². The van der Waals surface area contributed by atoms with E-state index in [9.17, 15) is 72.8 Å². The van der Waals surface area contributed by atoms with E-state index in [1.165, 1.54) is 0 Å². The molecule has 0 N–H and O–H groups in total. The summed E-state index contributed by atoms with van der Waals surface area (Å²) in [5, 5.41) is 4.23. The fourth-order valence-electron chi connectivity index (χ4n) is 4.43. The fraction of sp³-hybridized carbons (Fsp3) is 0.643. The Balaban J connectivity index is 2.22. The molecule has 5 atom stereocenters. The van der Waals surface area contributed by atoms with Crippen LogP contribution in [0.3, 0.4) is 0 Å². The number of nitro groups is 1. The van der Waals surface area contributed by atoms with Crippen LogP contribution in [0.5, 0.6) is 0 Å². The molecule has 1 heterocycles. The lowest BCUT2D eigenvalue weighted by atomic mass is 9.98. The minimum absolute atomic E-state index is 0.742. The molecule has 0 radical (unpaired) electrons. The van der Waals surface area contributed by atoms with Gasteiger partial charge in [0.2, 0.25) is 0 Å². The molecule has 0 spiro atoms. The van der Waals surface area contributed by atoms with Gasteiger partial charge in [-0.2, -0.15) is 43.5 Å². The first-order valence-corrected chi connectivity index (χ1v) is 16.3. The third kappa shape index (κ3) is 11.6. The molecule has 2 rings (SSSR count). The second-order valence-electron chi connectivity index (χ2n) is 11.0. The van der Waals surface area contributed by atoms with Crippen LogP contribution in [-0.2, 0) is 73.2 Å². The lowest BCUT2D eigenvalue weighted by Crippen LogP contribution is -2.63. The van der Waals surface area contributed by atoms with Crippen molar-refractivity contribution >= 4 is 39.7 Å². The largest absolute Gasteiger partial charge is 0.463 e. The van der Waals surface area contributed by atoms with Crippen LogP contribution < -0.4 is 0 Å². The van der Waals surface area contributed by atoms with Gasteiger partial charge in [-0.15, -0.1) is 0 Å². The molecule has 1 aliphatic rings. The van der Waals surface area contributed by atoms with E-state index in [2.05, 4.69) is 8.92 Å². The standard InChI is InChI=1S/C28H31F8NO16S/c1-14(38)47-13-20-21(49-15(2)39)22(50-16(3)40)23(51-17(4)41)24(52-20)46-11-7-10-25(29,30)26(31,32)53-27(33,34)28(35,36)54(44,45)48-12-18-8-5-6-9-19(18)37(42)43/h5-6,8-9,20-24H,7,10-13H2,1-4H3/t20?,21-,22+,23?,24-/m1/s1. The number of para-hydroxylation sites is 1. The van der Waals surface area contributed by atoms with E-state index in [4.69, 9.17) is 28.4 Å². The highest BCUT2D eigenvalue weighted by Crippen LogP contribution is 2.48. The zero-order chi connectivity index (χ0) is 41.4. The number of ether oxygens (including phenoxy) is 7. The normalized spacial score (nSPS) is 21.1. The Morgan fingerprint density at radius 2 is 1.35 bits per heavy atom. The summed E-state index contributed by atoms with van der Waals surface area (Å²) >= 11 is 0. The zero-order valence-corrected chi connectivity index (χ0v) is 29.0. The van der Waals surface area contributed by atoms with Crippen molar-refractivity contribution in [2.24, 2.45) is 0 Å². The molecule has 2 unspecified atom stereocenters. The summed E-state index contributed by atoms with van der Waals surface area (Å²) in [7, 11) is -7.03. The summed E-state index contributed by atoms with van der Waals surface area (Å²) in [6.45, 7) is 0.00769. The third-order valence-corrected chi connectivity index (χ3v) is 8.05. The van der Waals surface area contributed by atoms with Gasteiger partial charge in [0.1, 0.15) is 12.7 Å². The predicted molar refractivity (Wildman–Crippen MR) is 155 cm³/mol.